The van der Waals surface area contributed by atoms with Gasteiger partial charge in [-0.3, -0.25) is 0 Å². The summed E-state index contributed by atoms with van der Waals surface area (Å²) in [7, 11) is 5.14. The average Bonchev–Trinajstić information content (AvgIpc) is 2.66. The van der Waals surface area contributed by atoms with Gasteiger partial charge in [-0.25, -0.2) is 0 Å². The molecule has 0 amide bonds. The second-order valence-corrected chi connectivity index (χ2v) is 4.66. The fraction of sp³-hybridized carbons (Fsp3) is 1.00. The summed E-state index contributed by atoms with van der Waals surface area (Å²) in [6, 6.07) is 0. The average molecular weight is 201 g/mol. The Morgan fingerprint density at radius 3 is 1.92 bits per heavy atom. The van der Waals surface area contributed by atoms with Crippen LogP contribution in [0, 0.1) is 0 Å². The second-order valence-electron chi connectivity index (χ2n) is 4.16. The summed E-state index contributed by atoms with van der Waals surface area (Å²) in [4.78, 5) is 3.63. The molecule has 1 fully saturated rings. The van der Waals surface area contributed by atoms with Crippen LogP contribution in [0.25, 0.3) is 0 Å². The van der Waals surface area contributed by atoms with Crippen LogP contribution in [0.4, 0.5) is 0 Å². The molecular weight excluding hydrogens is 178 g/mol. The van der Waals surface area contributed by atoms with Crippen LogP contribution in [0.1, 0.15) is 32.6 Å². The third-order valence-corrected chi connectivity index (χ3v) is 4.85. The van der Waals surface area contributed by atoms with Gasteiger partial charge in [-0.15, -0.1) is 0 Å². The molecule has 13 heavy (non-hydrogen) atoms. The van der Waals surface area contributed by atoms with E-state index in [2.05, 4.69) is 22.5 Å². The molecule has 1 saturated carbocycles. The maximum atomic E-state index is 3.63. The molecule has 0 heterocycles. The van der Waals surface area contributed by atoms with Crippen LogP contribution in [-0.4, -0.2) is 35.7 Å². The van der Waals surface area contributed by atoms with Crippen molar-refractivity contribution in [3.63, 3.8) is 0 Å². The van der Waals surface area contributed by atoms with E-state index in [0.29, 0.717) is 0 Å². The first-order valence-corrected chi connectivity index (χ1v) is 6.21. The molecule has 4 heteroatoms. The van der Waals surface area contributed by atoms with Crippen molar-refractivity contribution in [2.24, 2.45) is 0 Å². The van der Waals surface area contributed by atoms with E-state index in [1.54, 1.807) is 0 Å². The predicted molar refractivity (Wildman–Crippen MR) is 60.8 cm³/mol. The summed E-state index contributed by atoms with van der Waals surface area (Å²) in [5, 5.41) is 6.82. The van der Waals surface area contributed by atoms with Gasteiger partial charge < -0.3 is 15.6 Å². The largest absolute Gasteiger partial charge is 0.338 e. The van der Waals surface area contributed by atoms with Crippen molar-refractivity contribution < 1.29 is 0 Å². The summed E-state index contributed by atoms with van der Waals surface area (Å²) in [5.41, 5.74) is 0.313. The number of hydrogen-bond donors (Lipinski definition) is 3. The van der Waals surface area contributed by atoms with Gasteiger partial charge in [0.25, 0.3) is 0 Å². The standard InChI is InChI=1S/C9H23N3Si/c1-8(10-2,11-3)9(12-13)6-4-5-7-9/h10-12H,4-7H2,1-3,13H3. The van der Waals surface area contributed by atoms with Crippen LogP contribution in [0.3, 0.4) is 0 Å². The van der Waals surface area contributed by atoms with Crippen molar-refractivity contribution in [2.45, 2.75) is 43.8 Å². The van der Waals surface area contributed by atoms with Crippen LogP contribution >= 0.6 is 0 Å². The fourth-order valence-corrected chi connectivity index (χ4v) is 3.58. The molecule has 1 aliphatic carbocycles. The number of hydrogen-bond acceptors (Lipinski definition) is 3. The molecule has 0 unspecified atom stereocenters. The minimum Gasteiger partial charge on any atom is -0.338 e. The molecule has 0 radical (unpaired) electrons. The molecule has 0 aromatic carbocycles. The maximum Gasteiger partial charge on any atom is 0.0834 e. The van der Waals surface area contributed by atoms with Crippen LogP contribution in [-0.2, 0) is 0 Å². The first-order valence-electron chi connectivity index (χ1n) is 5.21. The van der Waals surface area contributed by atoms with Gasteiger partial charge in [-0.1, -0.05) is 12.8 Å². The Balaban J connectivity index is 2.84. The Kier molecular flexibility index (Phi) is 3.51. The number of rotatable bonds is 4. The Bertz CT molecular complexity index is 162. The van der Waals surface area contributed by atoms with Crippen LogP contribution in [0.5, 0.6) is 0 Å². The molecule has 0 aromatic heterocycles. The topological polar surface area (TPSA) is 36.1 Å². The third-order valence-electron chi connectivity index (χ3n) is 3.89. The normalized spacial score (nSPS) is 22.4. The van der Waals surface area contributed by atoms with E-state index in [4.69, 9.17) is 0 Å². The highest BCUT2D eigenvalue weighted by Crippen LogP contribution is 2.36. The van der Waals surface area contributed by atoms with Crippen molar-refractivity contribution in [2.75, 3.05) is 14.1 Å². The summed E-state index contributed by atoms with van der Waals surface area (Å²) in [6.45, 7) is 2.25. The van der Waals surface area contributed by atoms with E-state index < -0.39 is 0 Å². The SMILES string of the molecule is CNC(C)(NC)C1(N[SiH3])CCCC1. The molecule has 0 atom stereocenters. The molecule has 0 saturated heterocycles. The molecule has 0 spiro atoms. The van der Waals surface area contributed by atoms with Gasteiger partial charge in [0.1, 0.15) is 0 Å². The molecule has 0 bridgehead atoms. The summed E-state index contributed by atoms with van der Waals surface area (Å²) in [5.74, 6) is 0. The monoisotopic (exact) mass is 201 g/mol. The first kappa shape index (κ1) is 11.2. The van der Waals surface area contributed by atoms with Crippen molar-refractivity contribution in [1.82, 2.24) is 15.6 Å². The lowest BCUT2D eigenvalue weighted by Crippen LogP contribution is -2.71. The van der Waals surface area contributed by atoms with E-state index in [-0.39, 0.29) is 11.2 Å². The van der Waals surface area contributed by atoms with Crippen LogP contribution < -0.4 is 15.6 Å². The van der Waals surface area contributed by atoms with E-state index in [0.717, 1.165) is 10.4 Å². The fourth-order valence-electron chi connectivity index (χ4n) is 2.58. The summed E-state index contributed by atoms with van der Waals surface area (Å²) >= 11 is 0. The highest BCUT2D eigenvalue weighted by Gasteiger charge is 2.46. The first-order chi connectivity index (χ1) is 6.14. The Hall–Kier alpha value is 0.0969. The van der Waals surface area contributed by atoms with Crippen molar-refractivity contribution in [1.29, 1.82) is 0 Å². The Morgan fingerprint density at radius 1 is 1.15 bits per heavy atom. The Labute approximate surface area is 84.6 Å². The lowest BCUT2D eigenvalue weighted by molar-refractivity contribution is 0.151. The molecule has 3 N–H and O–H groups in total. The predicted octanol–water partition coefficient (Wildman–Crippen LogP) is -0.676. The molecule has 1 rings (SSSR count). The van der Waals surface area contributed by atoms with E-state index >= 15 is 0 Å². The lowest BCUT2D eigenvalue weighted by Gasteiger charge is -2.46. The Morgan fingerprint density at radius 2 is 1.62 bits per heavy atom. The van der Waals surface area contributed by atoms with Gasteiger partial charge in [-0.05, 0) is 33.9 Å². The lowest BCUT2D eigenvalue weighted by atomic mass is 9.84. The number of likely N-dealkylation sites (N-methyl/N-ethyl adjacent to an activating group) is 2. The minimum atomic E-state index is 0.0330. The van der Waals surface area contributed by atoms with Gasteiger partial charge in [0.15, 0.2) is 0 Å². The van der Waals surface area contributed by atoms with Gasteiger partial charge >= 0.3 is 0 Å². The van der Waals surface area contributed by atoms with Crippen molar-refractivity contribution in [3.8, 4) is 0 Å². The quantitative estimate of drug-likeness (QED) is 0.417. The molecule has 0 aliphatic heterocycles. The molecule has 0 aromatic rings. The minimum absolute atomic E-state index is 0.0330. The van der Waals surface area contributed by atoms with Gasteiger partial charge in [-0.2, -0.15) is 0 Å². The molecular formula is C9H23N3Si. The molecule has 78 valence electrons. The maximum absolute atomic E-state index is 3.63. The van der Waals surface area contributed by atoms with E-state index in [9.17, 15) is 0 Å². The highest BCUT2D eigenvalue weighted by atomic mass is 28.2. The number of nitrogens with one attached hydrogen (secondary N) is 3. The van der Waals surface area contributed by atoms with E-state index in [1.165, 1.54) is 25.7 Å². The molecule has 3 nitrogen and oxygen atoms in total. The van der Waals surface area contributed by atoms with E-state index in [1.807, 2.05) is 14.1 Å². The third kappa shape index (κ3) is 1.68. The zero-order chi connectivity index (χ0) is 9.95. The summed E-state index contributed by atoms with van der Waals surface area (Å²) in [6.07, 6.45) is 5.28. The highest BCUT2D eigenvalue weighted by molar-refractivity contribution is 6.05. The van der Waals surface area contributed by atoms with Crippen LogP contribution in [0.2, 0.25) is 0 Å². The summed E-state index contributed by atoms with van der Waals surface area (Å²) < 4.78 is 0. The van der Waals surface area contributed by atoms with Gasteiger partial charge in [0, 0.05) is 5.54 Å². The van der Waals surface area contributed by atoms with Crippen molar-refractivity contribution in [3.05, 3.63) is 0 Å². The van der Waals surface area contributed by atoms with Crippen molar-refractivity contribution >= 4 is 10.4 Å². The molecule has 1 aliphatic rings. The zero-order valence-electron chi connectivity index (χ0n) is 9.33. The zero-order valence-corrected chi connectivity index (χ0v) is 11.3. The van der Waals surface area contributed by atoms with Gasteiger partial charge in [0.2, 0.25) is 0 Å². The van der Waals surface area contributed by atoms with Gasteiger partial charge in [0.05, 0.1) is 16.1 Å². The van der Waals surface area contributed by atoms with Crippen LogP contribution in [0.15, 0.2) is 0 Å². The second kappa shape index (κ2) is 4.08. The smallest absolute Gasteiger partial charge is 0.0834 e.